The average Bonchev–Trinajstić information content (AvgIpc) is 2.95. The summed E-state index contributed by atoms with van der Waals surface area (Å²) in [5, 5.41) is 5.75. The Labute approximate surface area is 108 Å². The van der Waals surface area contributed by atoms with Gasteiger partial charge in [0.15, 0.2) is 0 Å². The molecular formula is C15H20N2O. The van der Waals surface area contributed by atoms with Gasteiger partial charge in [0.1, 0.15) is 0 Å². The van der Waals surface area contributed by atoms with Crippen LogP contribution in [0.2, 0.25) is 0 Å². The molecule has 1 saturated heterocycles. The van der Waals surface area contributed by atoms with Gasteiger partial charge < -0.3 is 4.74 Å². The lowest BCUT2D eigenvalue weighted by Crippen LogP contribution is -2.13. The molecule has 1 aliphatic rings. The van der Waals surface area contributed by atoms with Crippen molar-refractivity contribution in [1.82, 2.24) is 9.78 Å². The molecule has 96 valence electrons. The number of benzene rings is 1. The van der Waals surface area contributed by atoms with Gasteiger partial charge in [-0.3, -0.25) is 4.68 Å². The maximum Gasteiger partial charge on any atom is 0.0781 e. The molecule has 0 spiro atoms. The van der Waals surface area contributed by atoms with Gasteiger partial charge in [0.25, 0.3) is 0 Å². The van der Waals surface area contributed by atoms with E-state index in [1.54, 1.807) is 0 Å². The lowest BCUT2D eigenvalue weighted by atomic mass is 9.87. The number of nitrogens with zero attached hydrogens (tertiary/aromatic N) is 2. The molecule has 2 heterocycles. The van der Waals surface area contributed by atoms with E-state index in [0.29, 0.717) is 6.04 Å². The minimum Gasteiger partial charge on any atom is -0.379 e. The predicted molar refractivity (Wildman–Crippen MR) is 72.9 cm³/mol. The summed E-state index contributed by atoms with van der Waals surface area (Å²) in [6.45, 7) is 8.37. The molecule has 0 N–H and O–H groups in total. The first-order valence-corrected chi connectivity index (χ1v) is 6.61. The van der Waals surface area contributed by atoms with Crippen molar-refractivity contribution in [2.75, 3.05) is 13.2 Å². The van der Waals surface area contributed by atoms with Crippen molar-refractivity contribution in [3.8, 4) is 0 Å². The van der Waals surface area contributed by atoms with E-state index in [9.17, 15) is 0 Å². The molecule has 1 aromatic carbocycles. The molecule has 0 saturated carbocycles. The van der Waals surface area contributed by atoms with Crippen LogP contribution in [0.4, 0.5) is 0 Å². The summed E-state index contributed by atoms with van der Waals surface area (Å²) in [5.41, 5.74) is 2.77. The van der Waals surface area contributed by atoms with Crippen LogP contribution >= 0.6 is 0 Å². The van der Waals surface area contributed by atoms with Gasteiger partial charge in [-0.05, 0) is 23.5 Å². The third kappa shape index (κ3) is 1.93. The van der Waals surface area contributed by atoms with Gasteiger partial charge in [-0.2, -0.15) is 5.10 Å². The van der Waals surface area contributed by atoms with Crippen LogP contribution in [-0.2, 0) is 10.2 Å². The lowest BCUT2D eigenvalue weighted by Gasteiger charge is -2.19. The van der Waals surface area contributed by atoms with Crippen LogP contribution in [0.15, 0.2) is 24.4 Å². The fourth-order valence-electron chi connectivity index (χ4n) is 2.51. The quantitative estimate of drug-likeness (QED) is 0.769. The summed E-state index contributed by atoms with van der Waals surface area (Å²) in [5.74, 6) is 0. The number of hydrogen-bond donors (Lipinski definition) is 0. The predicted octanol–water partition coefficient (Wildman–Crippen LogP) is 3.30. The van der Waals surface area contributed by atoms with Crippen LogP contribution in [0.5, 0.6) is 0 Å². The van der Waals surface area contributed by atoms with E-state index in [4.69, 9.17) is 4.74 Å². The Hall–Kier alpha value is -1.35. The highest BCUT2D eigenvalue weighted by atomic mass is 16.5. The second kappa shape index (κ2) is 4.09. The zero-order valence-corrected chi connectivity index (χ0v) is 11.3. The number of hydrogen-bond acceptors (Lipinski definition) is 2. The molecule has 3 heteroatoms. The van der Waals surface area contributed by atoms with E-state index in [0.717, 1.165) is 19.6 Å². The van der Waals surface area contributed by atoms with Crippen molar-refractivity contribution in [1.29, 1.82) is 0 Å². The normalized spacial score (nSPS) is 20.7. The number of fused-ring (bicyclic) bond motifs is 1. The Bertz CT molecular complexity index is 559. The third-order valence-electron chi connectivity index (χ3n) is 3.72. The van der Waals surface area contributed by atoms with Crippen molar-refractivity contribution in [3.63, 3.8) is 0 Å². The van der Waals surface area contributed by atoms with Gasteiger partial charge in [0.05, 0.1) is 24.4 Å². The molecule has 2 aromatic rings. The highest BCUT2D eigenvalue weighted by Crippen LogP contribution is 2.29. The minimum atomic E-state index is 0.176. The molecule has 1 unspecified atom stereocenters. The zero-order valence-electron chi connectivity index (χ0n) is 11.3. The van der Waals surface area contributed by atoms with Crippen LogP contribution in [0.3, 0.4) is 0 Å². The fourth-order valence-corrected chi connectivity index (χ4v) is 2.51. The van der Waals surface area contributed by atoms with E-state index < -0.39 is 0 Å². The molecule has 1 fully saturated rings. The molecule has 18 heavy (non-hydrogen) atoms. The van der Waals surface area contributed by atoms with Crippen LogP contribution in [0.1, 0.15) is 38.8 Å². The second-order valence-electron chi connectivity index (χ2n) is 6.13. The summed E-state index contributed by atoms with van der Waals surface area (Å²) in [7, 11) is 0. The van der Waals surface area contributed by atoms with Crippen molar-refractivity contribution >= 4 is 10.9 Å². The molecule has 0 radical (unpaired) electrons. The van der Waals surface area contributed by atoms with Crippen molar-refractivity contribution in [3.05, 3.63) is 30.0 Å². The van der Waals surface area contributed by atoms with E-state index in [1.165, 1.54) is 16.5 Å². The SMILES string of the molecule is CC(C)(C)c1ccc2cnn(C3CCOC3)c2c1. The summed E-state index contributed by atoms with van der Waals surface area (Å²) >= 11 is 0. The Kier molecular flexibility index (Phi) is 2.67. The average molecular weight is 244 g/mol. The zero-order chi connectivity index (χ0) is 12.8. The Morgan fingerprint density at radius 3 is 2.83 bits per heavy atom. The molecule has 0 aliphatic carbocycles. The van der Waals surface area contributed by atoms with Gasteiger partial charge in [0, 0.05) is 12.0 Å². The molecule has 1 aromatic heterocycles. The number of rotatable bonds is 1. The summed E-state index contributed by atoms with van der Waals surface area (Å²) in [4.78, 5) is 0. The van der Waals surface area contributed by atoms with Gasteiger partial charge in [-0.15, -0.1) is 0 Å². The molecule has 3 nitrogen and oxygen atoms in total. The molecule has 0 bridgehead atoms. The highest BCUT2D eigenvalue weighted by molar-refractivity contribution is 5.79. The van der Waals surface area contributed by atoms with Gasteiger partial charge in [-0.1, -0.05) is 32.9 Å². The van der Waals surface area contributed by atoms with Crippen molar-refractivity contribution in [2.45, 2.75) is 38.6 Å². The smallest absolute Gasteiger partial charge is 0.0781 e. The summed E-state index contributed by atoms with van der Waals surface area (Å²) in [6, 6.07) is 7.06. The lowest BCUT2D eigenvalue weighted by molar-refractivity contribution is 0.185. The van der Waals surface area contributed by atoms with E-state index in [-0.39, 0.29) is 5.41 Å². The van der Waals surface area contributed by atoms with Crippen LogP contribution < -0.4 is 0 Å². The van der Waals surface area contributed by atoms with Crippen LogP contribution in [0, 0.1) is 0 Å². The van der Waals surface area contributed by atoms with E-state index >= 15 is 0 Å². The summed E-state index contributed by atoms with van der Waals surface area (Å²) < 4.78 is 7.60. The first-order valence-electron chi connectivity index (χ1n) is 6.61. The van der Waals surface area contributed by atoms with Crippen molar-refractivity contribution < 1.29 is 4.74 Å². The number of ether oxygens (including phenoxy) is 1. The molecule has 0 amide bonds. The third-order valence-corrected chi connectivity index (χ3v) is 3.72. The summed E-state index contributed by atoms with van der Waals surface area (Å²) in [6.07, 6.45) is 3.02. The Morgan fingerprint density at radius 1 is 1.33 bits per heavy atom. The maximum absolute atomic E-state index is 5.47. The van der Waals surface area contributed by atoms with Crippen LogP contribution in [0.25, 0.3) is 10.9 Å². The Morgan fingerprint density at radius 2 is 2.17 bits per heavy atom. The molecule has 1 atom stereocenters. The Balaban J connectivity index is 2.10. The van der Waals surface area contributed by atoms with E-state index in [2.05, 4.69) is 48.8 Å². The van der Waals surface area contributed by atoms with Crippen LogP contribution in [-0.4, -0.2) is 23.0 Å². The topological polar surface area (TPSA) is 27.1 Å². The largest absolute Gasteiger partial charge is 0.379 e. The molecule has 3 rings (SSSR count). The van der Waals surface area contributed by atoms with Crippen molar-refractivity contribution in [2.24, 2.45) is 0 Å². The van der Waals surface area contributed by atoms with E-state index in [1.807, 2.05) is 6.20 Å². The first kappa shape index (κ1) is 11.7. The van der Waals surface area contributed by atoms with Gasteiger partial charge in [0.2, 0.25) is 0 Å². The minimum absolute atomic E-state index is 0.176. The standard InChI is InChI=1S/C15H20N2O/c1-15(2,3)12-5-4-11-9-16-17(14(11)8-12)13-6-7-18-10-13/h4-5,8-9,13H,6-7,10H2,1-3H3. The fraction of sp³-hybridized carbons (Fsp3) is 0.533. The molecular weight excluding hydrogens is 224 g/mol. The number of aromatic nitrogens is 2. The molecule has 1 aliphatic heterocycles. The second-order valence-corrected chi connectivity index (χ2v) is 6.13. The monoisotopic (exact) mass is 244 g/mol. The van der Waals surface area contributed by atoms with Gasteiger partial charge in [-0.25, -0.2) is 0 Å². The highest BCUT2D eigenvalue weighted by Gasteiger charge is 2.21. The van der Waals surface area contributed by atoms with Gasteiger partial charge >= 0.3 is 0 Å². The maximum atomic E-state index is 5.47. The first-order chi connectivity index (χ1) is 8.55.